The van der Waals surface area contributed by atoms with E-state index in [0.717, 1.165) is 10.9 Å². The van der Waals surface area contributed by atoms with Gasteiger partial charge in [0.1, 0.15) is 0 Å². The SMILES string of the molecule is CNC(CCN)c1ccccc1Br. The molecule has 1 aromatic carbocycles. The fourth-order valence-corrected chi connectivity index (χ4v) is 1.94. The molecule has 0 aliphatic carbocycles. The lowest BCUT2D eigenvalue weighted by Crippen LogP contribution is -2.20. The molecule has 0 saturated heterocycles. The van der Waals surface area contributed by atoms with Gasteiger partial charge >= 0.3 is 0 Å². The molecule has 0 amide bonds. The molecule has 0 spiro atoms. The van der Waals surface area contributed by atoms with Crippen LogP contribution < -0.4 is 11.1 Å². The first kappa shape index (κ1) is 10.7. The summed E-state index contributed by atoms with van der Waals surface area (Å²) in [5.41, 5.74) is 6.81. The lowest BCUT2D eigenvalue weighted by molar-refractivity contribution is 0.554. The smallest absolute Gasteiger partial charge is 0.0340 e. The Labute approximate surface area is 87.6 Å². The maximum Gasteiger partial charge on any atom is 0.0340 e. The fourth-order valence-electron chi connectivity index (χ4n) is 1.38. The second-order valence-electron chi connectivity index (χ2n) is 2.94. The third-order valence-corrected chi connectivity index (χ3v) is 2.81. The van der Waals surface area contributed by atoms with Gasteiger partial charge in [-0.1, -0.05) is 34.1 Å². The molecule has 0 saturated carbocycles. The lowest BCUT2D eigenvalue weighted by atomic mass is 10.0. The largest absolute Gasteiger partial charge is 0.330 e. The molecule has 0 aliphatic heterocycles. The molecule has 2 nitrogen and oxygen atoms in total. The van der Waals surface area contributed by atoms with Crippen molar-refractivity contribution in [2.24, 2.45) is 5.73 Å². The monoisotopic (exact) mass is 242 g/mol. The molecule has 72 valence electrons. The van der Waals surface area contributed by atoms with Crippen molar-refractivity contribution in [3.8, 4) is 0 Å². The minimum Gasteiger partial charge on any atom is -0.330 e. The van der Waals surface area contributed by atoms with Crippen molar-refractivity contribution in [1.82, 2.24) is 5.32 Å². The van der Waals surface area contributed by atoms with Crippen LogP contribution in [-0.4, -0.2) is 13.6 Å². The molecule has 1 rings (SSSR count). The quantitative estimate of drug-likeness (QED) is 0.849. The van der Waals surface area contributed by atoms with Crippen LogP contribution in [-0.2, 0) is 0 Å². The highest BCUT2D eigenvalue weighted by Gasteiger charge is 2.10. The van der Waals surface area contributed by atoms with E-state index in [0.29, 0.717) is 12.6 Å². The van der Waals surface area contributed by atoms with Crippen molar-refractivity contribution in [3.05, 3.63) is 34.3 Å². The van der Waals surface area contributed by atoms with Gasteiger partial charge in [-0.2, -0.15) is 0 Å². The van der Waals surface area contributed by atoms with E-state index in [1.54, 1.807) is 0 Å². The van der Waals surface area contributed by atoms with Gasteiger partial charge in [-0.3, -0.25) is 0 Å². The van der Waals surface area contributed by atoms with Crippen LogP contribution in [0, 0.1) is 0 Å². The Morgan fingerprint density at radius 3 is 2.69 bits per heavy atom. The van der Waals surface area contributed by atoms with Gasteiger partial charge < -0.3 is 11.1 Å². The maximum atomic E-state index is 5.54. The van der Waals surface area contributed by atoms with Gasteiger partial charge in [-0.25, -0.2) is 0 Å². The summed E-state index contributed by atoms with van der Waals surface area (Å²) < 4.78 is 1.14. The molecule has 1 atom stereocenters. The molecule has 1 unspecified atom stereocenters. The maximum absolute atomic E-state index is 5.54. The summed E-state index contributed by atoms with van der Waals surface area (Å²) in [7, 11) is 1.96. The molecule has 0 aromatic heterocycles. The van der Waals surface area contributed by atoms with E-state index < -0.39 is 0 Å². The number of rotatable bonds is 4. The average Bonchev–Trinajstić information content (AvgIpc) is 2.16. The van der Waals surface area contributed by atoms with Crippen molar-refractivity contribution >= 4 is 15.9 Å². The summed E-state index contributed by atoms with van der Waals surface area (Å²) in [5.74, 6) is 0. The van der Waals surface area contributed by atoms with E-state index in [4.69, 9.17) is 5.73 Å². The molecule has 0 fully saturated rings. The van der Waals surface area contributed by atoms with Gasteiger partial charge in [0.05, 0.1) is 0 Å². The van der Waals surface area contributed by atoms with E-state index in [-0.39, 0.29) is 0 Å². The highest BCUT2D eigenvalue weighted by Crippen LogP contribution is 2.24. The molecular weight excluding hydrogens is 228 g/mol. The Morgan fingerprint density at radius 2 is 2.15 bits per heavy atom. The summed E-state index contributed by atoms with van der Waals surface area (Å²) in [5, 5.41) is 3.25. The van der Waals surface area contributed by atoms with Gasteiger partial charge in [-0.05, 0) is 31.6 Å². The summed E-state index contributed by atoms with van der Waals surface area (Å²) in [6.07, 6.45) is 0.957. The van der Waals surface area contributed by atoms with Crippen molar-refractivity contribution < 1.29 is 0 Å². The Bertz CT molecular complexity index is 263. The number of nitrogens with two attached hydrogens (primary N) is 1. The summed E-state index contributed by atoms with van der Waals surface area (Å²) in [6.45, 7) is 0.701. The second kappa shape index (κ2) is 5.37. The molecule has 1 aromatic rings. The second-order valence-corrected chi connectivity index (χ2v) is 3.79. The molecule has 3 heteroatoms. The Hall–Kier alpha value is -0.380. The van der Waals surface area contributed by atoms with Crippen LogP contribution in [0.3, 0.4) is 0 Å². The molecule has 13 heavy (non-hydrogen) atoms. The minimum absolute atomic E-state index is 0.348. The molecule has 0 bridgehead atoms. The van der Waals surface area contributed by atoms with Crippen LogP contribution in [0.25, 0.3) is 0 Å². The average molecular weight is 243 g/mol. The predicted molar refractivity (Wildman–Crippen MR) is 59.6 cm³/mol. The van der Waals surface area contributed by atoms with Crippen LogP contribution in [0.4, 0.5) is 0 Å². The third-order valence-electron chi connectivity index (χ3n) is 2.08. The number of nitrogens with one attached hydrogen (secondary N) is 1. The first-order valence-corrected chi connectivity index (χ1v) is 5.20. The van der Waals surface area contributed by atoms with Crippen LogP contribution in [0.5, 0.6) is 0 Å². The van der Waals surface area contributed by atoms with E-state index in [1.165, 1.54) is 5.56 Å². The molecule has 3 N–H and O–H groups in total. The number of halogens is 1. The van der Waals surface area contributed by atoms with Gasteiger partial charge in [0.25, 0.3) is 0 Å². The first-order valence-electron chi connectivity index (χ1n) is 4.41. The first-order chi connectivity index (χ1) is 6.29. The van der Waals surface area contributed by atoms with Gasteiger partial charge in [0.15, 0.2) is 0 Å². The van der Waals surface area contributed by atoms with E-state index in [2.05, 4.69) is 33.4 Å². The zero-order chi connectivity index (χ0) is 9.68. The number of hydrogen-bond acceptors (Lipinski definition) is 2. The van der Waals surface area contributed by atoms with Crippen LogP contribution >= 0.6 is 15.9 Å². The van der Waals surface area contributed by atoms with Gasteiger partial charge in [0, 0.05) is 10.5 Å². The number of benzene rings is 1. The summed E-state index contributed by atoms with van der Waals surface area (Å²) >= 11 is 3.53. The normalized spacial score (nSPS) is 12.8. The predicted octanol–water partition coefficient (Wildman–Crippen LogP) is 2.06. The van der Waals surface area contributed by atoms with Crippen LogP contribution in [0.2, 0.25) is 0 Å². The van der Waals surface area contributed by atoms with Gasteiger partial charge in [-0.15, -0.1) is 0 Å². The summed E-state index contributed by atoms with van der Waals surface area (Å²) in [6, 6.07) is 8.57. The third kappa shape index (κ3) is 2.79. The zero-order valence-electron chi connectivity index (χ0n) is 7.76. The van der Waals surface area contributed by atoms with E-state index in [9.17, 15) is 0 Å². The molecular formula is C10H15BrN2. The minimum atomic E-state index is 0.348. The van der Waals surface area contributed by atoms with Crippen molar-refractivity contribution in [2.75, 3.05) is 13.6 Å². The van der Waals surface area contributed by atoms with E-state index in [1.807, 2.05) is 19.2 Å². The number of hydrogen-bond donors (Lipinski definition) is 2. The molecule has 0 radical (unpaired) electrons. The fraction of sp³-hybridized carbons (Fsp3) is 0.400. The highest BCUT2D eigenvalue weighted by molar-refractivity contribution is 9.10. The lowest BCUT2D eigenvalue weighted by Gasteiger charge is -2.16. The Balaban J connectivity index is 2.84. The van der Waals surface area contributed by atoms with E-state index >= 15 is 0 Å². The standard InChI is InChI=1S/C10H15BrN2/c1-13-10(6-7-12)8-4-2-3-5-9(8)11/h2-5,10,13H,6-7,12H2,1H3. The van der Waals surface area contributed by atoms with Crippen LogP contribution in [0.15, 0.2) is 28.7 Å². The van der Waals surface area contributed by atoms with Crippen molar-refractivity contribution in [1.29, 1.82) is 0 Å². The highest BCUT2D eigenvalue weighted by atomic mass is 79.9. The van der Waals surface area contributed by atoms with Gasteiger partial charge in [0.2, 0.25) is 0 Å². The molecule has 0 aliphatic rings. The van der Waals surface area contributed by atoms with Crippen molar-refractivity contribution in [3.63, 3.8) is 0 Å². The topological polar surface area (TPSA) is 38.0 Å². The zero-order valence-corrected chi connectivity index (χ0v) is 9.34. The Kier molecular flexibility index (Phi) is 4.42. The van der Waals surface area contributed by atoms with Crippen molar-refractivity contribution in [2.45, 2.75) is 12.5 Å². The van der Waals surface area contributed by atoms with Crippen LogP contribution in [0.1, 0.15) is 18.0 Å². The Morgan fingerprint density at radius 1 is 1.46 bits per heavy atom. The molecule has 0 heterocycles. The summed E-state index contributed by atoms with van der Waals surface area (Å²) in [4.78, 5) is 0.